The van der Waals surface area contributed by atoms with Crippen molar-refractivity contribution in [3.8, 4) is 0 Å². The summed E-state index contributed by atoms with van der Waals surface area (Å²) in [5.41, 5.74) is 4.28. The molecule has 0 heteroatoms. The maximum atomic E-state index is 2.33. The van der Waals surface area contributed by atoms with E-state index in [1.807, 2.05) is 0 Å². The highest BCUT2D eigenvalue weighted by molar-refractivity contribution is 5.25. The van der Waals surface area contributed by atoms with E-state index in [9.17, 15) is 0 Å². The fourth-order valence-corrected chi connectivity index (χ4v) is 1.68. The average Bonchev–Trinajstić information content (AvgIpc) is 2.14. The number of allylic oxidation sites excluding steroid dienone is 2. The standard InChI is InChI=1S/C15H22/c1-12(2)8-9-14-6-5-7-15(11-14)10-13(3)4/h5-8,11,13H,9-10H2,1-4H3. The first-order valence-corrected chi connectivity index (χ1v) is 5.79. The summed E-state index contributed by atoms with van der Waals surface area (Å²) < 4.78 is 0. The lowest BCUT2D eigenvalue weighted by atomic mass is 10.00. The number of benzene rings is 1. The quantitative estimate of drug-likeness (QED) is 0.635. The molecule has 82 valence electrons. The van der Waals surface area contributed by atoms with E-state index in [1.54, 1.807) is 0 Å². The molecule has 0 unspecified atom stereocenters. The van der Waals surface area contributed by atoms with Crippen molar-refractivity contribution in [1.29, 1.82) is 0 Å². The smallest absolute Gasteiger partial charge is 0.00949 e. The van der Waals surface area contributed by atoms with Crippen LogP contribution in [0.4, 0.5) is 0 Å². The molecule has 0 saturated heterocycles. The second-order valence-corrected chi connectivity index (χ2v) is 4.90. The topological polar surface area (TPSA) is 0 Å². The van der Waals surface area contributed by atoms with Crippen LogP contribution in [-0.4, -0.2) is 0 Å². The monoisotopic (exact) mass is 202 g/mol. The Bertz CT molecular complexity index is 328. The molecule has 0 saturated carbocycles. The molecule has 0 nitrogen and oxygen atoms in total. The minimum Gasteiger partial charge on any atom is -0.0815 e. The lowest BCUT2D eigenvalue weighted by Gasteiger charge is -2.06. The first-order chi connectivity index (χ1) is 7.08. The lowest BCUT2D eigenvalue weighted by molar-refractivity contribution is 0.647. The van der Waals surface area contributed by atoms with Crippen LogP contribution in [0, 0.1) is 5.92 Å². The van der Waals surface area contributed by atoms with Crippen LogP contribution in [0.1, 0.15) is 38.8 Å². The molecule has 0 aromatic heterocycles. The van der Waals surface area contributed by atoms with Crippen LogP contribution in [0.25, 0.3) is 0 Å². The average molecular weight is 202 g/mol. The van der Waals surface area contributed by atoms with Crippen molar-refractivity contribution in [3.05, 3.63) is 47.0 Å². The Balaban J connectivity index is 2.70. The zero-order valence-corrected chi connectivity index (χ0v) is 10.4. The van der Waals surface area contributed by atoms with Crippen molar-refractivity contribution < 1.29 is 0 Å². The molecule has 1 rings (SSSR count). The van der Waals surface area contributed by atoms with Gasteiger partial charge in [-0.25, -0.2) is 0 Å². The Morgan fingerprint density at radius 2 is 1.87 bits per heavy atom. The fraction of sp³-hybridized carbons (Fsp3) is 0.467. The minimum absolute atomic E-state index is 0.740. The zero-order valence-electron chi connectivity index (χ0n) is 10.4. The maximum Gasteiger partial charge on any atom is -0.00949 e. The molecular formula is C15H22. The Morgan fingerprint density at radius 1 is 1.20 bits per heavy atom. The van der Waals surface area contributed by atoms with Crippen LogP contribution in [-0.2, 0) is 12.8 Å². The van der Waals surface area contributed by atoms with Gasteiger partial charge >= 0.3 is 0 Å². The predicted octanol–water partition coefficient (Wildman–Crippen LogP) is 4.39. The Hall–Kier alpha value is -1.04. The molecular weight excluding hydrogens is 180 g/mol. The Labute approximate surface area is 94.0 Å². The van der Waals surface area contributed by atoms with Crippen molar-refractivity contribution in [2.24, 2.45) is 5.92 Å². The van der Waals surface area contributed by atoms with E-state index >= 15 is 0 Å². The summed E-state index contributed by atoms with van der Waals surface area (Å²) >= 11 is 0. The molecule has 0 atom stereocenters. The highest BCUT2D eigenvalue weighted by Crippen LogP contribution is 2.11. The van der Waals surface area contributed by atoms with E-state index in [-0.39, 0.29) is 0 Å². The van der Waals surface area contributed by atoms with Crippen LogP contribution in [0.2, 0.25) is 0 Å². The Morgan fingerprint density at radius 3 is 2.47 bits per heavy atom. The molecule has 0 heterocycles. The highest BCUT2D eigenvalue weighted by atomic mass is 14.0. The van der Waals surface area contributed by atoms with Crippen molar-refractivity contribution in [3.63, 3.8) is 0 Å². The molecule has 0 bridgehead atoms. The molecule has 0 aliphatic heterocycles. The molecule has 15 heavy (non-hydrogen) atoms. The largest absolute Gasteiger partial charge is 0.0815 e. The second kappa shape index (κ2) is 5.75. The summed E-state index contributed by atoms with van der Waals surface area (Å²) in [5, 5.41) is 0. The van der Waals surface area contributed by atoms with Crippen molar-refractivity contribution in [2.45, 2.75) is 40.5 Å². The van der Waals surface area contributed by atoms with Gasteiger partial charge in [-0.3, -0.25) is 0 Å². The van der Waals surface area contributed by atoms with E-state index < -0.39 is 0 Å². The summed E-state index contributed by atoms with van der Waals surface area (Å²) in [6, 6.07) is 8.95. The number of hydrogen-bond acceptors (Lipinski definition) is 0. The third kappa shape index (κ3) is 4.83. The number of hydrogen-bond donors (Lipinski definition) is 0. The summed E-state index contributed by atoms with van der Waals surface area (Å²) in [5.74, 6) is 0.740. The molecule has 0 fully saturated rings. The fourth-order valence-electron chi connectivity index (χ4n) is 1.68. The van der Waals surface area contributed by atoms with Crippen molar-refractivity contribution in [2.75, 3.05) is 0 Å². The third-order valence-corrected chi connectivity index (χ3v) is 2.38. The number of rotatable bonds is 4. The minimum atomic E-state index is 0.740. The van der Waals surface area contributed by atoms with Crippen LogP contribution >= 0.6 is 0 Å². The van der Waals surface area contributed by atoms with Gasteiger partial charge < -0.3 is 0 Å². The predicted molar refractivity (Wildman–Crippen MR) is 68.1 cm³/mol. The SMILES string of the molecule is CC(C)=CCc1cccc(CC(C)C)c1. The van der Waals surface area contributed by atoms with Gasteiger partial charge in [0, 0.05) is 0 Å². The first-order valence-electron chi connectivity index (χ1n) is 5.79. The van der Waals surface area contributed by atoms with Gasteiger partial charge in [-0.15, -0.1) is 0 Å². The van der Waals surface area contributed by atoms with Crippen LogP contribution in [0.5, 0.6) is 0 Å². The van der Waals surface area contributed by atoms with Gasteiger partial charge in [0.1, 0.15) is 0 Å². The molecule has 0 N–H and O–H groups in total. The van der Waals surface area contributed by atoms with Gasteiger partial charge in [-0.1, -0.05) is 49.8 Å². The van der Waals surface area contributed by atoms with Gasteiger partial charge in [0.2, 0.25) is 0 Å². The summed E-state index contributed by atoms with van der Waals surface area (Å²) in [6.07, 6.45) is 4.53. The molecule has 0 radical (unpaired) electrons. The first kappa shape index (κ1) is 12.0. The highest BCUT2D eigenvalue weighted by Gasteiger charge is 1.98. The molecule has 0 spiro atoms. The summed E-state index contributed by atoms with van der Waals surface area (Å²) in [4.78, 5) is 0. The van der Waals surface area contributed by atoms with E-state index in [1.165, 1.54) is 23.1 Å². The van der Waals surface area contributed by atoms with E-state index in [0.29, 0.717) is 0 Å². The van der Waals surface area contributed by atoms with Gasteiger partial charge in [0.15, 0.2) is 0 Å². The normalized spacial score (nSPS) is 10.5. The molecule has 1 aromatic rings. The molecule has 0 aliphatic rings. The van der Waals surface area contributed by atoms with Gasteiger partial charge in [-0.2, -0.15) is 0 Å². The van der Waals surface area contributed by atoms with Crippen molar-refractivity contribution >= 4 is 0 Å². The summed E-state index contributed by atoms with van der Waals surface area (Å²) in [7, 11) is 0. The van der Waals surface area contributed by atoms with E-state index in [0.717, 1.165) is 12.3 Å². The van der Waals surface area contributed by atoms with Gasteiger partial charge in [0.25, 0.3) is 0 Å². The van der Waals surface area contributed by atoms with Crippen LogP contribution in [0.3, 0.4) is 0 Å². The van der Waals surface area contributed by atoms with Crippen molar-refractivity contribution in [1.82, 2.24) is 0 Å². The van der Waals surface area contributed by atoms with Gasteiger partial charge in [0.05, 0.1) is 0 Å². The van der Waals surface area contributed by atoms with E-state index in [4.69, 9.17) is 0 Å². The van der Waals surface area contributed by atoms with Crippen LogP contribution < -0.4 is 0 Å². The van der Waals surface area contributed by atoms with Gasteiger partial charge in [-0.05, 0) is 43.7 Å². The summed E-state index contributed by atoms with van der Waals surface area (Å²) in [6.45, 7) is 8.83. The molecule has 1 aromatic carbocycles. The molecule has 0 amide bonds. The zero-order chi connectivity index (χ0) is 11.3. The lowest BCUT2D eigenvalue weighted by Crippen LogP contribution is -1.94. The second-order valence-electron chi connectivity index (χ2n) is 4.90. The van der Waals surface area contributed by atoms with E-state index in [2.05, 4.69) is 58.0 Å². The maximum absolute atomic E-state index is 2.33. The Kier molecular flexibility index (Phi) is 4.61. The van der Waals surface area contributed by atoms with Crippen LogP contribution in [0.15, 0.2) is 35.9 Å². The molecule has 0 aliphatic carbocycles. The third-order valence-electron chi connectivity index (χ3n) is 2.38.